The first-order valence-electron chi connectivity index (χ1n) is 10.6. The summed E-state index contributed by atoms with van der Waals surface area (Å²) >= 11 is 2.79. The first-order chi connectivity index (χ1) is 15.9. The number of fused-ring (bicyclic) bond motifs is 3. The van der Waals surface area contributed by atoms with Gasteiger partial charge in [0.25, 0.3) is 0 Å². The van der Waals surface area contributed by atoms with Crippen LogP contribution in [0.1, 0.15) is 35.7 Å². The number of aryl methyl sites for hydroxylation is 3. The van der Waals surface area contributed by atoms with Gasteiger partial charge in [-0.15, -0.1) is 21.5 Å². The summed E-state index contributed by atoms with van der Waals surface area (Å²) < 4.78 is 7.00. The number of ether oxygens (including phenoxy) is 1. The van der Waals surface area contributed by atoms with Crippen molar-refractivity contribution in [1.29, 1.82) is 0 Å². The van der Waals surface area contributed by atoms with E-state index in [4.69, 9.17) is 4.74 Å². The first-order valence-corrected chi connectivity index (χ1v) is 12.5. The molecule has 0 aliphatic carbocycles. The SMILES string of the molecule is CCOC(=O)Cc1csc(NC(=O)CCSc2nnc3cc(C)c4cc(C)cc(C)c4n23)n1. The van der Waals surface area contributed by atoms with E-state index in [1.807, 2.05) is 6.07 Å². The third kappa shape index (κ3) is 5.17. The van der Waals surface area contributed by atoms with Gasteiger partial charge in [-0.3, -0.25) is 14.0 Å². The largest absolute Gasteiger partial charge is 0.466 e. The highest BCUT2D eigenvalue weighted by Crippen LogP contribution is 2.29. The fourth-order valence-electron chi connectivity index (χ4n) is 3.73. The topological polar surface area (TPSA) is 98.5 Å². The van der Waals surface area contributed by atoms with Crippen LogP contribution in [0.5, 0.6) is 0 Å². The molecule has 3 aromatic heterocycles. The second-order valence-electron chi connectivity index (χ2n) is 7.75. The Morgan fingerprint density at radius 3 is 2.76 bits per heavy atom. The predicted octanol–water partition coefficient (Wildman–Crippen LogP) is 4.49. The van der Waals surface area contributed by atoms with Crippen molar-refractivity contribution in [2.75, 3.05) is 17.7 Å². The summed E-state index contributed by atoms with van der Waals surface area (Å²) in [5.41, 5.74) is 6.04. The molecule has 1 aromatic carbocycles. The van der Waals surface area contributed by atoms with Crippen molar-refractivity contribution in [2.45, 2.75) is 45.7 Å². The Kier molecular flexibility index (Phi) is 6.94. The van der Waals surface area contributed by atoms with Crippen LogP contribution < -0.4 is 5.32 Å². The van der Waals surface area contributed by atoms with Crippen molar-refractivity contribution in [2.24, 2.45) is 0 Å². The molecule has 8 nitrogen and oxygen atoms in total. The van der Waals surface area contributed by atoms with E-state index >= 15 is 0 Å². The molecule has 0 radical (unpaired) electrons. The fraction of sp³-hybridized carbons (Fsp3) is 0.348. The number of thiazole rings is 1. The maximum atomic E-state index is 12.4. The Hall–Kier alpha value is -2.98. The summed E-state index contributed by atoms with van der Waals surface area (Å²) in [5.74, 6) is 0.0834. The van der Waals surface area contributed by atoms with Gasteiger partial charge in [0.05, 0.1) is 24.2 Å². The first kappa shape index (κ1) is 23.2. The monoisotopic (exact) mass is 483 g/mol. The van der Waals surface area contributed by atoms with Crippen LogP contribution in [-0.4, -0.2) is 43.8 Å². The molecule has 0 fully saturated rings. The molecule has 172 valence electrons. The third-order valence-corrected chi connectivity index (χ3v) is 6.82. The standard InChI is InChI=1S/C23H25N5O3S2/c1-5-31-20(30)11-16-12-33-22(24-16)25-19(29)6-7-32-23-27-26-18-10-14(3)17-9-13(2)8-15(4)21(17)28(18)23/h8-10,12H,5-7,11H2,1-4H3,(H,24,25,29). The minimum Gasteiger partial charge on any atom is -0.466 e. The molecule has 1 amide bonds. The van der Waals surface area contributed by atoms with Gasteiger partial charge in [-0.1, -0.05) is 23.4 Å². The minimum absolute atomic E-state index is 0.0996. The number of aromatic nitrogens is 4. The summed E-state index contributed by atoms with van der Waals surface area (Å²) in [6, 6.07) is 6.39. The number of hydrogen-bond donors (Lipinski definition) is 1. The van der Waals surface area contributed by atoms with Crippen LogP contribution in [0.25, 0.3) is 16.6 Å². The van der Waals surface area contributed by atoms with Crippen molar-refractivity contribution in [3.63, 3.8) is 0 Å². The van der Waals surface area contributed by atoms with Crippen molar-refractivity contribution in [3.05, 3.63) is 46.0 Å². The van der Waals surface area contributed by atoms with Gasteiger partial charge in [-0.25, -0.2) is 4.98 Å². The van der Waals surface area contributed by atoms with Gasteiger partial charge in [0.2, 0.25) is 5.91 Å². The number of pyridine rings is 1. The minimum atomic E-state index is -0.328. The van der Waals surface area contributed by atoms with Crippen molar-refractivity contribution >= 4 is 56.7 Å². The molecule has 33 heavy (non-hydrogen) atoms. The number of carbonyl (C=O) groups excluding carboxylic acids is 2. The number of nitrogens with zero attached hydrogens (tertiary/aromatic N) is 4. The number of nitrogens with one attached hydrogen (secondary N) is 1. The van der Waals surface area contributed by atoms with Gasteiger partial charge >= 0.3 is 5.97 Å². The van der Waals surface area contributed by atoms with Crippen LogP contribution in [0, 0.1) is 20.8 Å². The summed E-state index contributed by atoms with van der Waals surface area (Å²) in [4.78, 5) is 28.2. The van der Waals surface area contributed by atoms with Crippen molar-refractivity contribution in [3.8, 4) is 0 Å². The Balaban J connectivity index is 1.41. The molecule has 10 heteroatoms. The lowest BCUT2D eigenvalue weighted by atomic mass is 10.0. The molecule has 0 bridgehead atoms. The van der Waals surface area contributed by atoms with E-state index in [2.05, 4.69) is 57.8 Å². The van der Waals surface area contributed by atoms with Crippen LogP contribution in [0.2, 0.25) is 0 Å². The maximum absolute atomic E-state index is 12.4. The molecule has 0 spiro atoms. The molecule has 4 rings (SSSR count). The molecule has 0 saturated carbocycles. The third-order valence-electron chi connectivity index (χ3n) is 5.09. The molecule has 0 aliphatic rings. The highest BCUT2D eigenvalue weighted by atomic mass is 32.2. The lowest BCUT2D eigenvalue weighted by Gasteiger charge is -2.11. The summed E-state index contributed by atoms with van der Waals surface area (Å²) in [7, 11) is 0. The number of hydrogen-bond acceptors (Lipinski definition) is 8. The zero-order valence-corrected chi connectivity index (χ0v) is 20.6. The number of anilines is 1. The molecule has 0 aliphatic heterocycles. The van der Waals surface area contributed by atoms with E-state index in [0.29, 0.717) is 29.6 Å². The lowest BCUT2D eigenvalue weighted by Crippen LogP contribution is -2.12. The van der Waals surface area contributed by atoms with Crippen molar-refractivity contribution in [1.82, 2.24) is 19.6 Å². The van der Waals surface area contributed by atoms with E-state index in [1.165, 1.54) is 45.2 Å². The van der Waals surface area contributed by atoms with E-state index < -0.39 is 0 Å². The van der Waals surface area contributed by atoms with E-state index in [0.717, 1.165) is 16.3 Å². The zero-order chi connectivity index (χ0) is 23.5. The predicted molar refractivity (Wildman–Crippen MR) is 131 cm³/mol. The van der Waals surface area contributed by atoms with Crippen molar-refractivity contribution < 1.29 is 14.3 Å². The number of benzene rings is 1. The number of esters is 1. The van der Waals surface area contributed by atoms with Gasteiger partial charge < -0.3 is 10.1 Å². The molecular formula is C23H25N5O3S2. The number of thioether (sulfide) groups is 1. The lowest BCUT2D eigenvalue weighted by molar-refractivity contribution is -0.142. The van der Waals surface area contributed by atoms with Crippen LogP contribution in [0.3, 0.4) is 0 Å². The Labute approximate surface area is 199 Å². The summed E-state index contributed by atoms with van der Waals surface area (Å²) in [5, 5.41) is 15.7. The van der Waals surface area contributed by atoms with Gasteiger partial charge in [0.15, 0.2) is 15.9 Å². The quantitative estimate of drug-likeness (QED) is 0.291. The zero-order valence-electron chi connectivity index (χ0n) is 19.0. The molecule has 0 unspecified atom stereocenters. The van der Waals surface area contributed by atoms with Crippen LogP contribution >= 0.6 is 23.1 Å². The second kappa shape index (κ2) is 9.88. The molecule has 0 atom stereocenters. The number of rotatable bonds is 8. The van der Waals surface area contributed by atoms with Gasteiger partial charge in [0.1, 0.15) is 0 Å². The average Bonchev–Trinajstić information content (AvgIpc) is 3.35. The summed E-state index contributed by atoms with van der Waals surface area (Å²) in [6.45, 7) is 8.37. The normalized spacial score (nSPS) is 11.3. The summed E-state index contributed by atoms with van der Waals surface area (Å²) in [6.07, 6.45) is 0.399. The Morgan fingerprint density at radius 1 is 1.15 bits per heavy atom. The highest BCUT2D eigenvalue weighted by Gasteiger charge is 2.15. The van der Waals surface area contributed by atoms with E-state index in [1.54, 1.807) is 12.3 Å². The Morgan fingerprint density at radius 2 is 1.97 bits per heavy atom. The van der Waals surface area contributed by atoms with E-state index in [9.17, 15) is 9.59 Å². The molecule has 0 saturated heterocycles. The maximum Gasteiger partial charge on any atom is 0.311 e. The second-order valence-corrected chi connectivity index (χ2v) is 9.67. The molecule has 4 aromatic rings. The highest BCUT2D eigenvalue weighted by molar-refractivity contribution is 7.99. The fourth-order valence-corrected chi connectivity index (χ4v) is 5.34. The number of carbonyl (C=O) groups is 2. The van der Waals surface area contributed by atoms with Gasteiger partial charge in [-0.05, 0) is 51.0 Å². The average molecular weight is 484 g/mol. The van der Waals surface area contributed by atoms with Crippen LogP contribution in [0.4, 0.5) is 5.13 Å². The van der Waals surface area contributed by atoms with Crippen LogP contribution in [0.15, 0.2) is 28.7 Å². The molecule has 3 heterocycles. The van der Waals surface area contributed by atoms with E-state index in [-0.39, 0.29) is 18.3 Å². The van der Waals surface area contributed by atoms with Gasteiger partial charge in [0, 0.05) is 22.9 Å². The van der Waals surface area contributed by atoms with Gasteiger partial charge in [-0.2, -0.15) is 0 Å². The molecule has 1 N–H and O–H groups in total. The van der Waals surface area contributed by atoms with Crippen LogP contribution in [-0.2, 0) is 20.7 Å². The smallest absolute Gasteiger partial charge is 0.311 e. The molecular weight excluding hydrogens is 458 g/mol. The Bertz CT molecular complexity index is 1350. The number of amides is 1.